The van der Waals surface area contributed by atoms with Crippen LogP contribution in [0.5, 0.6) is 0 Å². The zero-order valence-corrected chi connectivity index (χ0v) is 13.9. The van der Waals surface area contributed by atoms with Gasteiger partial charge in [-0.15, -0.1) is 0 Å². The van der Waals surface area contributed by atoms with Crippen LogP contribution in [0.1, 0.15) is 34.6 Å². The minimum Gasteiger partial charge on any atom is -0.450 e. The van der Waals surface area contributed by atoms with Gasteiger partial charge in [0, 0.05) is 6.92 Å². The van der Waals surface area contributed by atoms with E-state index in [9.17, 15) is 9.59 Å². The maximum Gasteiger partial charge on any atom is 0.303 e. The van der Waals surface area contributed by atoms with Gasteiger partial charge in [0.15, 0.2) is 14.4 Å². The Labute approximate surface area is 116 Å². The third-order valence-electron chi connectivity index (χ3n) is 3.94. The summed E-state index contributed by atoms with van der Waals surface area (Å²) < 4.78 is 11.0. The molecule has 0 N–H and O–H groups in total. The summed E-state index contributed by atoms with van der Waals surface area (Å²) in [4.78, 5) is 24.3. The van der Waals surface area contributed by atoms with Crippen LogP contribution in [0.15, 0.2) is 0 Å². The first-order chi connectivity index (χ1) is 8.45. The molecule has 0 spiro atoms. The molecule has 0 aliphatic carbocycles. The number of ether oxygens (including phenoxy) is 1. The molecule has 0 bridgehead atoms. The Bertz CT molecular complexity index is 375. The molecule has 0 aromatic rings. The molecule has 1 amide bonds. The Kier molecular flexibility index (Phi) is 4.46. The van der Waals surface area contributed by atoms with Crippen LogP contribution < -0.4 is 0 Å². The first kappa shape index (κ1) is 16.2. The highest BCUT2D eigenvalue weighted by atomic mass is 28.4. The average molecular weight is 287 g/mol. The summed E-state index contributed by atoms with van der Waals surface area (Å²) in [6.45, 7) is 14.4. The van der Waals surface area contributed by atoms with E-state index in [0.717, 1.165) is 0 Å². The van der Waals surface area contributed by atoms with Crippen molar-refractivity contribution in [2.45, 2.75) is 65.1 Å². The molecule has 1 unspecified atom stereocenters. The van der Waals surface area contributed by atoms with Gasteiger partial charge in [0.25, 0.3) is 5.91 Å². The lowest BCUT2D eigenvalue weighted by Crippen LogP contribution is -2.63. The van der Waals surface area contributed by atoms with Crippen LogP contribution in [0, 0.1) is 0 Å². The molecule has 1 aliphatic rings. The Morgan fingerprint density at radius 2 is 1.95 bits per heavy atom. The average Bonchev–Trinajstić information content (AvgIpc) is 2.20. The molecule has 1 fully saturated rings. The second-order valence-corrected chi connectivity index (χ2v) is 11.3. The van der Waals surface area contributed by atoms with Crippen molar-refractivity contribution >= 4 is 20.2 Å². The van der Waals surface area contributed by atoms with Gasteiger partial charge in [0.2, 0.25) is 0 Å². The zero-order chi connectivity index (χ0) is 15.0. The van der Waals surface area contributed by atoms with E-state index in [4.69, 9.17) is 9.16 Å². The predicted molar refractivity (Wildman–Crippen MR) is 75.0 cm³/mol. The van der Waals surface area contributed by atoms with E-state index in [1.807, 2.05) is 6.92 Å². The van der Waals surface area contributed by atoms with Crippen molar-refractivity contribution < 1.29 is 18.8 Å². The molecule has 6 heteroatoms. The summed E-state index contributed by atoms with van der Waals surface area (Å²) in [5.41, 5.74) is 0. The lowest BCUT2D eigenvalue weighted by atomic mass is 10.1. The van der Waals surface area contributed by atoms with E-state index in [2.05, 4.69) is 33.9 Å². The highest BCUT2D eigenvalue weighted by molar-refractivity contribution is 6.74. The molecule has 110 valence electrons. The number of amides is 1. The van der Waals surface area contributed by atoms with E-state index in [1.54, 1.807) is 4.90 Å². The van der Waals surface area contributed by atoms with Crippen LogP contribution in [-0.2, 0) is 18.8 Å². The lowest BCUT2D eigenvalue weighted by Gasteiger charge is -2.46. The maximum absolute atomic E-state index is 11.9. The number of likely N-dealkylation sites (tertiary alicyclic amines) is 1. The molecule has 0 radical (unpaired) electrons. The number of hydrogen-bond donors (Lipinski definition) is 0. The monoisotopic (exact) mass is 287 g/mol. The van der Waals surface area contributed by atoms with Gasteiger partial charge in [0.05, 0.1) is 6.54 Å². The summed E-state index contributed by atoms with van der Waals surface area (Å²) in [5, 5.41) is 0.102. The second kappa shape index (κ2) is 5.24. The quantitative estimate of drug-likeness (QED) is 0.451. The van der Waals surface area contributed by atoms with Gasteiger partial charge in [-0.25, -0.2) is 0 Å². The standard InChI is InChI=1S/C13H25NO4Si/c1-9(18-19(6,7)13(3,4)5)14-8-11(12(14)16)17-10(2)15/h9,11H,8H2,1-7H3/t9?,11-/m1/s1. The van der Waals surface area contributed by atoms with Crippen molar-refractivity contribution in [1.82, 2.24) is 4.90 Å². The molecule has 1 saturated heterocycles. The number of nitrogens with zero attached hydrogens (tertiary/aromatic N) is 1. The van der Waals surface area contributed by atoms with Crippen LogP contribution in [0.4, 0.5) is 0 Å². The van der Waals surface area contributed by atoms with Gasteiger partial charge in [-0.05, 0) is 25.1 Å². The molecule has 0 aromatic heterocycles. The van der Waals surface area contributed by atoms with Gasteiger partial charge in [-0.2, -0.15) is 0 Å². The minimum absolute atomic E-state index is 0.102. The Morgan fingerprint density at radius 1 is 1.42 bits per heavy atom. The molecule has 1 heterocycles. The van der Waals surface area contributed by atoms with Crippen molar-refractivity contribution in [3.63, 3.8) is 0 Å². The summed E-state index contributed by atoms with van der Waals surface area (Å²) in [5.74, 6) is -0.586. The molecule has 1 aliphatic heterocycles. The summed E-state index contributed by atoms with van der Waals surface area (Å²) in [7, 11) is -1.90. The number of β-lactam (4-membered cyclic amide) rings is 1. The van der Waals surface area contributed by atoms with Gasteiger partial charge in [-0.1, -0.05) is 20.8 Å². The van der Waals surface area contributed by atoms with E-state index < -0.39 is 20.4 Å². The molecular weight excluding hydrogens is 262 g/mol. The van der Waals surface area contributed by atoms with Crippen molar-refractivity contribution in [1.29, 1.82) is 0 Å². The number of rotatable bonds is 4. The van der Waals surface area contributed by atoms with Gasteiger partial charge in [0.1, 0.15) is 6.23 Å². The van der Waals surface area contributed by atoms with Crippen molar-refractivity contribution in [3.05, 3.63) is 0 Å². The molecule has 19 heavy (non-hydrogen) atoms. The number of hydrogen-bond acceptors (Lipinski definition) is 4. The molecule has 2 atom stereocenters. The second-order valence-electron chi connectivity index (χ2n) is 6.57. The van der Waals surface area contributed by atoms with Crippen LogP contribution in [0.25, 0.3) is 0 Å². The molecule has 5 nitrogen and oxygen atoms in total. The van der Waals surface area contributed by atoms with E-state index in [1.165, 1.54) is 6.92 Å². The molecular formula is C13H25NO4Si. The fraction of sp³-hybridized carbons (Fsp3) is 0.846. The van der Waals surface area contributed by atoms with Crippen molar-refractivity contribution in [2.24, 2.45) is 0 Å². The number of carbonyl (C=O) groups excluding carboxylic acids is 2. The Morgan fingerprint density at radius 3 is 2.32 bits per heavy atom. The Balaban J connectivity index is 2.56. The van der Waals surface area contributed by atoms with Gasteiger partial charge >= 0.3 is 5.97 Å². The third-order valence-corrected chi connectivity index (χ3v) is 8.48. The highest BCUT2D eigenvalue weighted by Gasteiger charge is 2.46. The van der Waals surface area contributed by atoms with E-state index >= 15 is 0 Å². The van der Waals surface area contributed by atoms with Gasteiger partial charge in [-0.3, -0.25) is 9.59 Å². The minimum atomic E-state index is -1.90. The van der Waals surface area contributed by atoms with Crippen LogP contribution in [0.2, 0.25) is 18.1 Å². The largest absolute Gasteiger partial charge is 0.450 e. The van der Waals surface area contributed by atoms with Crippen LogP contribution in [0.3, 0.4) is 0 Å². The number of carbonyl (C=O) groups is 2. The normalized spacial score (nSPS) is 21.9. The predicted octanol–water partition coefficient (Wildman–Crippen LogP) is 2.13. The maximum atomic E-state index is 11.9. The fourth-order valence-electron chi connectivity index (χ4n) is 1.70. The molecule has 0 saturated carbocycles. The molecule has 1 rings (SSSR count). The smallest absolute Gasteiger partial charge is 0.303 e. The zero-order valence-electron chi connectivity index (χ0n) is 12.9. The van der Waals surface area contributed by atoms with Crippen molar-refractivity contribution in [2.75, 3.05) is 6.54 Å². The topological polar surface area (TPSA) is 55.8 Å². The van der Waals surface area contributed by atoms with Gasteiger partial charge < -0.3 is 14.1 Å². The molecule has 0 aromatic carbocycles. The summed E-state index contributed by atoms with van der Waals surface area (Å²) in [6, 6.07) is 0. The van der Waals surface area contributed by atoms with Crippen LogP contribution in [-0.4, -0.2) is 44.0 Å². The SMILES string of the molecule is CC(=O)O[C@@H]1CN(C(C)O[Si](C)(C)C(C)(C)C)C1=O. The first-order valence-electron chi connectivity index (χ1n) is 6.61. The van der Waals surface area contributed by atoms with Crippen molar-refractivity contribution in [3.8, 4) is 0 Å². The Hall–Kier alpha value is -0.883. The fourth-order valence-corrected chi connectivity index (χ4v) is 3.04. The van der Waals surface area contributed by atoms with Crippen LogP contribution >= 0.6 is 0 Å². The van der Waals surface area contributed by atoms with E-state index in [-0.39, 0.29) is 17.2 Å². The summed E-state index contributed by atoms with van der Waals surface area (Å²) >= 11 is 0. The summed E-state index contributed by atoms with van der Waals surface area (Å²) in [6.07, 6.45) is -0.886. The van der Waals surface area contributed by atoms with E-state index in [0.29, 0.717) is 6.54 Å². The third kappa shape index (κ3) is 3.57. The first-order valence-corrected chi connectivity index (χ1v) is 9.52. The number of esters is 1. The highest BCUT2D eigenvalue weighted by Crippen LogP contribution is 2.38. The lowest BCUT2D eigenvalue weighted by molar-refractivity contribution is -0.182.